The molecule has 8 heteroatoms. The monoisotopic (exact) mass is 358 g/mol. The van der Waals surface area contributed by atoms with E-state index in [1.807, 2.05) is 0 Å². The van der Waals surface area contributed by atoms with E-state index < -0.39 is 23.2 Å². The Balaban J connectivity index is 1.48. The van der Waals surface area contributed by atoms with Gasteiger partial charge in [-0.2, -0.15) is 0 Å². The molecule has 0 unspecified atom stereocenters. The van der Waals surface area contributed by atoms with Gasteiger partial charge in [0.05, 0.1) is 11.7 Å². The van der Waals surface area contributed by atoms with Gasteiger partial charge in [-0.1, -0.05) is 6.07 Å². The van der Waals surface area contributed by atoms with Crippen LogP contribution in [0, 0.1) is 5.41 Å². The Labute approximate surface area is 149 Å². The second-order valence-corrected chi connectivity index (χ2v) is 6.11. The van der Waals surface area contributed by atoms with Gasteiger partial charge in [-0.25, -0.2) is 0 Å². The lowest BCUT2D eigenvalue weighted by molar-refractivity contribution is -0.143. The van der Waals surface area contributed by atoms with Crippen LogP contribution in [-0.4, -0.2) is 36.0 Å². The van der Waals surface area contributed by atoms with Crippen LogP contribution in [0.2, 0.25) is 0 Å². The number of nitrogens with one attached hydrogen (secondary N) is 2. The molecule has 1 heterocycles. The van der Waals surface area contributed by atoms with Crippen molar-refractivity contribution in [1.82, 2.24) is 5.32 Å². The van der Waals surface area contributed by atoms with Crippen molar-refractivity contribution in [2.24, 2.45) is 5.41 Å². The summed E-state index contributed by atoms with van der Waals surface area (Å²) in [5, 5.41) is 14.3. The third kappa shape index (κ3) is 4.21. The second-order valence-electron chi connectivity index (χ2n) is 6.11. The third-order valence-electron chi connectivity index (χ3n) is 4.14. The lowest BCUT2D eigenvalue weighted by Gasteiger charge is -2.12. The zero-order valence-electron chi connectivity index (χ0n) is 13.9. The van der Waals surface area contributed by atoms with Crippen LogP contribution in [0.25, 0.3) is 0 Å². The largest absolute Gasteiger partial charge is 0.484 e. The molecule has 1 saturated carbocycles. The summed E-state index contributed by atoms with van der Waals surface area (Å²) in [6, 6.07) is 9.74. The maximum absolute atomic E-state index is 11.9. The highest BCUT2D eigenvalue weighted by atomic mass is 16.5. The lowest BCUT2D eigenvalue weighted by Crippen LogP contribution is -2.36. The molecule has 0 aliphatic heterocycles. The van der Waals surface area contributed by atoms with Crippen LogP contribution >= 0.6 is 0 Å². The molecule has 2 amide bonds. The molecule has 26 heavy (non-hydrogen) atoms. The number of benzene rings is 1. The number of carbonyl (C=O) groups excluding carboxylic acids is 2. The van der Waals surface area contributed by atoms with E-state index in [9.17, 15) is 14.4 Å². The highest BCUT2D eigenvalue weighted by Crippen LogP contribution is 2.45. The number of carbonyl (C=O) groups is 3. The Morgan fingerprint density at radius 2 is 2.00 bits per heavy atom. The number of hydrogen-bond donors (Lipinski definition) is 3. The van der Waals surface area contributed by atoms with Crippen molar-refractivity contribution in [1.29, 1.82) is 0 Å². The molecule has 1 aromatic carbocycles. The minimum absolute atomic E-state index is 0.101. The number of carboxylic acids is 1. The first kappa shape index (κ1) is 17.5. The van der Waals surface area contributed by atoms with Crippen molar-refractivity contribution < 1.29 is 28.6 Å². The molecule has 1 aromatic heterocycles. The van der Waals surface area contributed by atoms with Crippen molar-refractivity contribution in [3.8, 4) is 5.75 Å². The van der Waals surface area contributed by atoms with Crippen LogP contribution in [0.1, 0.15) is 23.4 Å². The fourth-order valence-corrected chi connectivity index (χ4v) is 2.35. The Morgan fingerprint density at radius 3 is 2.65 bits per heavy atom. The number of hydrogen-bond acceptors (Lipinski definition) is 5. The molecule has 0 radical (unpaired) electrons. The molecular formula is C18H18N2O6. The highest BCUT2D eigenvalue weighted by molar-refractivity contribution is 6.02. The van der Waals surface area contributed by atoms with Crippen molar-refractivity contribution >= 4 is 23.5 Å². The van der Waals surface area contributed by atoms with Gasteiger partial charge in [0, 0.05) is 18.3 Å². The minimum atomic E-state index is -0.890. The van der Waals surface area contributed by atoms with E-state index in [2.05, 4.69) is 10.6 Å². The normalized spacial score (nSPS) is 14.3. The van der Waals surface area contributed by atoms with Crippen molar-refractivity contribution in [2.45, 2.75) is 12.8 Å². The van der Waals surface area contributed by atoms with E-state index in [0.717, 1.165) is 0 Å². The summed E-state index contributed by atoms with van der Waals surface area (Å²) in [5.41, 5.74) is -0.321. The van der Waals surface area contributed by atoms with Gasteiger partial charge < -0.3 is 24.9 Å². The Kier molecular flexibility index (Phi) is 4.92. The number of anilines is 1. The predicted octanol–water partition coefficient (Wildman–Crippen LogP) is 1.89. The van der Waals surface area contributed by atoms with Crippen LogP contribution in [0.15, 0.2) is 47.1 Å². The van der Waals surface area contributed by atoms with E-state index in [1.54, 1.807) is 36.4 Å². The van der Waals surface area contributed by atoms with E-state index >= 15 is 0 Å². The number of furan rings is 1. The van der Waals surface area contributed by atoms with Crippen LogP contribution < -0.4 is 15.4 Å². The summed E-state index contributed by atoms with van der Waals surface area (Å²) in [7, 11) is 0. The number of ether oxygens (including phenoxy) is 1. The summed E-state index contributed by atoms with van der Waals surface area (Å²) in [6.45, 7) is -0.144. The van der Waals surface area contributed by atoms with Gasteiger partial charge in [0.2, 0.25) is 0 Å². The van der Waals surface area contributed by atoms with E-state index in [-0.39, 0.29) is 18.9 Å². The standard InChI is InChI=1S/C18H18N2O6/c21-15(19-11-18(6-7-18)17(23)24)10-26-13-4-1-3-12(9-13)20-16(22)14-5-2-8-25-14/h1-5,8-9H,6-7,10-11H2,(H,19,21)(H,20,22)(H,23,24). The van der Waals surface area contributed by atoms with Crippen LogP contribution in [0.4, 0.5) is 5.69 Å². The highest BCUT2D eigenvalue weighted by Gasteiger charge is 2.50. The summed E-state index contributed by atoms with van der Waals surface area (Å²) in [5.74, 6) is -1.10. The Morgan fingerprint density at radius 1 is 1.19 bits per heavy atom. The van der Waals surface area contributed by atoms with Gasteiger partial charge in [0.15, 0.2) is 12.4 Å². The predicted molar refractivity (Wildman–Crippen MR) is 90.9 cm³/mol. The molecular weight excluding hydrogens is 340 g/mol. The smallest absolute Gasteiger partial charge is 0.311 e. The van der Waals surface area contributed by atoms with E-state index in [1.165, 1.54) is 6.26 Å². The zero-order chi connectivity index (χ0) is 18.6. The fraction of sp³-hybridized carbons (Fsp3) is 0.278. The average Bonchev–Trinajstić information content (AvgIpc) is 3.22. The molecule has 136 valence electrons. The minimum Gasteiger partial charge on any atom is -0.484 e. The topological polar surface area (TPSA) is 118 Å². The molecule has 3 rings (SSSR count). The molecule has 1 aliphatic carbocycles. The zero-order valence-corrected chi connectivity index (χ0v) is 13.9. The van der Waals surface area contributed by atoms with Gasteiger partial charge in [0.1, 0.15) is 5.75 Å². The summed E-state index contributed by atoms with van der Waals surface area (Å²) < 4.78 is 10.4. The lowest BCUT2D eigenvalue weighted by atomic mass is 10.1. The molecule has 1 fully saturated rings. The van der Waals surface area contributed by atoms with Crippen LogP contribution in [0.5, 0.6) is 5.75 Å². The van der Waals surface area contributed by atoms with Gasteiger partial charge in [-0.15, -0.1) is 0 Å². The first-order chi connectivity index (χ1) is 12.5. The van der Waals surface area contributed by atoms with Crippen molar-refractivity contribution in [3.63, 3.8) is 0 Å². The van der Waals surface area contributed by atoms with Gasteiger partial charge in [0.25, 0.3) is 11.8 Å². The number of aliphatic carboxylic acids is 1. The van der Waals surface area contributed by atoms with E-state index in [0.29, 0.717) is 24.3 Å². The number of carboxylic acid groups (broad SMARTS) is 1. The van der Waals surface area contributed by atoms with Gasteiger partial charge in [-0.3, -0.25) is 14.4 Å². The molecule has 8 nitrogen and oxygen atoms in total. The number of rotatable bonds is 8. The second kappa shape index (κ2) is 7.30. The molecule has 0 atom stereocenters. The molecule has 0 bridgehead atoms. The van der Waals surface area contributed by atoms with Crippen LogP contribution in [0.3, 0.4) is 0 Å². The molecule has 3 N–H and O–H groups in total. The first-order valence-corrected chi connectivity index (χ1v) is 8.06. The molecule has 2 aromatic rings. The number of amides is 2. The first-order valence-electron chi connectivity index (χ1n) is 8.06. The average molecular weight is 358 g/mol. The fourth-order valence-electron chi connectivity index (χ4n) is 2.35. The third-order valence-corrected chi connectivity index (χ3v) is 4.14. The maximum atomic E-state index is 11.9. The summed E-state index contributed by atoms with van der Waals surface area (Å²) >= 11 is 0. The van der Waals surface area contributed by atoms with Crippen LogP contribution in [-0.2, 0) is 9.59 Å². The Bertz CT molecular complexity index is 811. The molecule has 0 spiro atoms. The maximum Gasteiger partial charge on any atom is 0.311 e. The van der Waals surface area contributed by atoms with Crippen molar-refractivity contribution in [2.75, 3.05) is 18.5 Å². The quantitative estimate of drug-likeness (QED) is 0.663. The molecule has 0 saturated heterocycles. The molecule has 1 aliphatic rings. The van der Waals surface area contributed by atoms with Gasteiger partial charge in [-0.05, 0) is 37.1 Å². The van der Waals surface area contributed by atoms with Crippen molar-refractivity contribution in [3.05, 3.63) is 48.4 Å². The SMILES string of the molecule is O=C(COc1cccc(NC(=O)c2ccco2)c1)NCC1(C(=O)O)CC1. The summed E-state index contributed by atoms with van der Waals surface area (Å²) in [6.07, 6.45) is 2.55. The Hall–Kier alpha value is -3.29. The van der Waals surface area contributed by atoms with E-state index in [4.69, 9.17) is 14.3 Å². The summed E-state index contributed by atoms with van der Waals surface area (Å²) in [4.78, 5) is 34.8. The van der Waals surface area contributed by atoms with Gasteiger partial charge >= 0.3 is 5.97 Å².